The van der Waals surface area contributed by atoms with Gasteiger partial charge in [-0.15, -0.1) is 0 Å². The van der Waals surface area contributed by atoms with Gasteiger partial charge in [-0.25, -0.2) is 4.90 Å². The van der Waals surface area contributed by atoms with E-state index >= 15 is 0 Å². The van der Waals surface area contributed by atoms with Gasteiger partial charge >= 0.3 is 4.87 Å². The van der Waals surface area contributed by atoms with Crippen molar-refractivity contribution in [1.29, 1.82) is 0 Å². The molecule has 0 bridgehead atoms. The lowest BCUT2D eigenvalue weighted by molar-refractivity contribution is -0.384. The zero-order chi connectivity index (χ0) is 31.1. The molecule has 3 aromatic carbocycles. The third kappa shape index (κ3) is 5.01. The summed E-state index contributed by atoms with van der Waals surface area (Å²) < 4.78 is 12.2. The Hall–Kier alpha value is -4.95. The van der Waals surface area contributed by atoms with Gasteiger partial charge in [0.15, 0.2) is 11.5 Å². The first-order chi connectivity index (χ1) is 21.2. The van der Waals surface area contributed by atoms with Crippen LogP contribution in [-0.2, 0) is 20.9 Å². The highest BCUT2D eigenvalue weighted by Crippen LogP contribution is 2.54. The van der Waals surface area contributed by atoms with Crippen LogP contribution in [0.2, 0.25) is 0 Å². The van der Waals surface area contributed by atoms with Crippen LogP contribution in [-0.4, -0.2) is 46.7 Å². The number of anilines is 2. The number of thiazole rings is 1. The predicted octanol–water partition coefficient (Wildman–Crippen LogP) is 4.27. The average Bonchev–Trinajstić information content (AvgIpc) is 3.47. The van der Waals surface area contributed by atoms with Crippen LogP contribution < -0.4 is 24.6 Å². The Morgan fingerprint density at radius 3 is 2.32 bits per heavy atom. The van der Waals surface area contributed by atoms with Crippen molar-refractivity contribution in [1.82, 2.24) is 4.57 Å². The Morgan fingerprint density at radius 1 is 0.955 bits per heavy atom. The fourth-order valence-corrected chi connectivity index (χ4v) is 8.28. The quantitative estimate of drug-likeness (QED) is 0.171. The topological polar surface area (TPSA) is 150 Å². The number of imide groups is 1. The van der Waals surface area contributed by atoms with Crippen molar-refractivity contribution in [2.24, 2.45) is 5.92 Å². The predicted molar refractivity (Wildman–Crippen MR) is 164 cm³/mol. The van der Waals surface area contributed by atoms with Crippen molar-refractivity contribution in [2.75, 3.05) is 24.4 Å². The van der Waals surface area contributed by atoms with Gasteiger partial charge in [-0.2, -0.15) is 0 Å². The second kappa shape index (κ2) is 11.6. The molecule has 0 saturated carbocycles. The van der Waals surface area contributed by atoms with Crippen molar-refractivity contribution in [3.63, 3.8) is 0 Å². The monoisotopic (exact) mass is 632 g/mol. The van der Waals surface area contributed by atoms with Gasteiger partial charge in [0.2, 0.25) is 17.7 Å². The Kier molecular flexibility index (Phi) is 7.69. The van der Waals surface area contributed by atoms with Gasteiger partial charge in [0.05, 0.1) is 35.8 Å². The number of non-ortho nitro benzene ring substituents is 1. The molecular formula is C30H24N4O8S2. The van der Waals surface area contributed by atoms with Gasteiger partial charge in [0.25, 0.3) is 5.69 Å². The Bertz CT molecular complexity index is 1850. The van der Waals surface area contributed by atoms with E-state index in [-0.39, 0.29) is 17.9 Å². The number of methoxy groups -OCH3 is 2. The summed E-state index contributed by atoms with van der Waals surface area (Å²) >= 11 is 2.00. The standard InChI is InChI=1S/C30H24N4O8S2/c1-41-20-13-8-16(14-21(20)42-2)23-24-25(28(37)33(27(24)36)18-9-11-19(12-10-18)34(39)40)43-29-26(23)44-30(38)32(29)15-22(35)31-17-6-4-3-5-7-17/h3-14,23-25H,15H2,1-2H3,(H,31,35)/t23-,24-,25+/m0/s1. The van der Waals surface area contributed by atoms with E-state index in [9.17, 15) is 29.3 Å². The number of thioether (sulfide) groups is 1. The zero-order valence-corrected chi connectivity index (χ0v) is 24.9. The van der Waals surface area contributed by atoms with Crippen LogP contribution in [0, 0.1) is 16.0 Å². The molecule has 6 rings (SSSR count). The van der Waals surface area contributed by atoms with Crippen molar-refractivity contribution < 1.29 is 28.8 Å². The molecule has 0 unspecified atom stereocenters. The number of fused-ring (bicyclic) bond motifs is 2. The molecule has 224 valence electrons. The summed E-state index contributed by atoms with van der Waals surface area (Å²) in [6.07, 6.45) is 0. The number of hydrogen-bond acceptors (Lipinski definition) is 10. The van der Waals surface area contributed by atoms with Crippen molar-refractivity contribution in [2.45, 2.75) is 22.7 Å². The molecule has 0 spiro atoms. The second-order valence-corrected chi connectivity index (χ2v) is 12.1. The maximum Gasteiger partial charge on any atom is 0.308 e. The number of benzene rings is 3. The Morgan fingerprint density at radius 2 is 1.66 bits per heavy atom. The molecule has 2 aliphatic rings. The van der Waals surface area contributed by atoms with E-state index in [1.54, 1.807) is 42.5 Å². The third-order valence-electron chi connectivity index (χ3n) is 7.49. The highest BCUT2D eigenvalue weighted by Gasteiger charge is 2.57. The highest BCUT2D eigenvalue weighted by molar-refractivity contribution is 8.00. The molecule has 1 aromatic heterocycles. The van der Waals surface area contributed by atoms with Crippen LogP contribution >= 0.6 is 23.1 Å². The first-order valence-electron chi connectivity index (χ1n) is 13.3. The summed E-state index contributed by atoms with van der Waals surface area (Å²) in [6.45, 7) is -0.295. The molecule has 44 heavy (non-hydrogen) atoms. The molecular weight excluding hydrogens is 608 g/mol. The van der Waals surface area contributed by atoms with Gasteiger partial charge in [-0.1, -0.05) is 47.4 Å². The summed E-state index contributed by atoms with van der Waals surface area (Å²) in [6, 6.07) is 19.2. The number of carbonyl (C=O) groups excluding carboxylic acids is 3. The summed E-state index contributed by atoms with van der Waals surface area (Å²) in [4.78, 5) is 66.1. The normalized spacial score (nSPS) is 18.9. The van der Waals surface area contributed by atoms with Gasteiger partial charge in [-0.05, 0) is 42.0 Å². The molecule has 1 saturated heterocycles. The first kappa shape index (κ1) is 29.1. The molecule has 14 heteroatoms. The SMILES string of the molecule is COc1ccc([C@@H]2c3sc(=O)n(CC(=O)Nc4ccccc4)c3S[C@H]3C(=O)N(c4ccc([N+](=O)[O-])cc4)C(=O)[C@@H]23)cc1OC. The Labute approximate surface area is 258 Å². The number of amides is 3. The minimum atomic E-state index is -0.930. The molecule has 4 aromatic rings. The molecule has 1 fully saturated rings. The zero-order valence-electron chi connectivity index (χ0n) is 23.3. The second-order valence-electron chi connectivity index (χ2n) is 9.98. The van der Waals surface area contributed by atoms with Gasteiger partial charge in [0.1, 0.15) is 11.8 Å². The van der Waals surface area contributed by atoms with Crippen LogP contribution in [0.3, 0.4) is 0 Å². The average molecular weight is 633 g/mol. The number of para-hydroxylation sites is 1. The van der Waals surface area contributed by atoms with Crippen LogP contribution in [0.25, 0.3) is 0 Å². The van der Waals surface area contributed by atoms with Crippen molar-refractivity contribution in [3.05, 3.63) is 103 Å². The van der Waals surface area contributed by atoms with Crippen LogP contribution in [0.4, 0.5) is 17.1 Å². The minimum Gasteiger partial charge on any atom is -0.493 e. The number of nitrogens with zero attached hydrogens (tertiary/aromatic N) is 3. The highest BCUT2D eigenvalue weighted by atomic mass is 32.2. The maximum absolute atomic E-state index is 14.1. The van der Waals surface area contributed by atoms with Gasteiger partial charge < -0.3 is 14.8 Å². The molecule has 3 heterocycles. The smallest absolute Gasteiger partial charge is 0.308 e. The number of hydrogen-bond donors (Lipinski definition) is 1. The summed E-state index contributed by atoms with van der Waals surface area (Å²) in [5, 5.41) is 13.5. The molecule has 2 aliphatic heterocycles. The van der Waals surface area contributed by atoms with E-state index in [0.29, 0.717) is 32.7 Å². The fraction of sp³-hybridized carbons (Fsp3) is 0.200. The molecule has 0 radical (unpaired) electrons. The maximum atomic E-state index is 14.1. The van der Waals surface area contributed by atoms with Gasteiger partial charge in [0, 0.05) is 28.6 Å². The summed E-state index contributed by atoms with van der Waals surface area (Å²) in [5.41, 5.74) is 1.21. The molecule has 3 atom stereocenters. The van der Waals surface area contributed by atoms with Crippen molar-refractivity contribution >= 4 is 57.9 Å². The molecule has 0 aliphatic carbocycles. The largest absolute Gasteiger partial charge is 0.493 e. The number of aromatic nitrogens is 1. The number of nitro groups is 1. The molecule has 12 nitrogen and oxygen atoms in total. The third-order valence-corrected chi connectivity index (χ3v) is 10.1. The van der Waals surface area contributed by atoms with Crippen LogP contribution in [0.1, 0.15) is 16.4 Å². The van der Waals surface area contributed by atoms with E-state index < -0.39 is 44.6 Å². The lowest BCUT2D eigenvalue weighted by Crippen LogP contribution is -2.33. The van der Waals surface area contributed by atoms with E-state index in [4.69, 9.17) is 9.47 Å². The summed E-state index contributed by atoms with van der Waals surface area (Å²) in [7, 11) is 2.98. The lowest BCUT2D eigenvalue weighted by Gasteiger charge is -2.31. The van der Waals surface area contributed by atoms with E-state index in [1.807, 2.05) is 6.07 Å². The van der Waals surface area contributed by atoms with Crippen LogP contribution in [0.15, 0.2) is 82.6 Å². The number of ether oxygens (including phenoxy) is 2. The van der Waals surface area contributed by atoms with Crippen molar-refractivity contribution in [3.8, 4) is 11.5 Å². The number of rotatable bonds is 8. The van der Waals surface area contributed by atoms with Gasteiger partial charge in [-0.3, -0.25) is 33.9 Å². The fourth-order valence-electron chi connectivity index (χ4n) is 5.50. The van der Waals surface area contributed by atoms with Crippen LogP contribution in [0.5, 0.6) is 11.5 Å². The lowest BCUT2D eigenvalue weighted by atomic mass is 9.83. The minimum absolute atomic E-state index is 0.178. The number of nitrogens with one attached hydrogen (secondary N) is 1. The molecule has 3 amide bonds. The number of nitro benzene ring substituents is 1. The summed E-state index contributed by atoms with van der Waals surface area (Å²) in [5.74, 6) is -2.22. The Balaban J connectivity index is 1.44. The number of carbonyl (C=O) groups is 3. The first-order valence-corrected chi connectivity index (χ1v) is 15.0. The molecule has 1 N–H and O–H groups in total. The van der Waals surface area contributed by atoms with E-state index in [2.05, 4.69) is 5.32 Å². The van der Waals surface area contributed by atoms with E-state index in [1.165, 1.54) is 43.1 Å². The van der Waals surface area contributed by atoms with E-state index in [0.717, 1.165) is 28.0 Å².